The monoisotopic (exact) mass is 394 g/mol. The van der Waals surface area contributed by atoms with E-state index in [1.54, 1.807) is 6.07 Å². The Labute approximate surface area is 177 Å². The zero-order chi connectivity index (χ0) is 21.0. The van der Waals surface area contributed by atoms with Crippen molar-refractivity contribution in [2.75, 3.05) is 0 Å². The summed E-state index contributed by atoms with van der Waals surface area (Å²) in [6, 6.07) is 16.5. The summed E-state index contributed by atoms with van der Waals surface area (Å²) in [5.74, 6) is 2.75. The Morgan fingerprint density at radius 3 is 2.17 bits per heavy atom. The van der Waals surface area contributed by atoms with Gasteiger partial charge in [-0.05, 0) is 90.4 Å². The molecule has 1 fully saturated rings. The van der Waals surface area contributed by atoms with E-state index < -0.39 is 0 Å². The molecule has 1 unspecified atom stereocenters. The third kappa shape index (κ3) is 5.71. The van der Waals surface area contributed by atoms with Gasteiger partial charge in [-0.25, -0.2) is 4.39 Å². The molecule has 0 heterocycles. The summed E-state index contributed by atoms with van der Waals surface area (Å²) >= 11 is 0. The van der Waals surface area contributed by atoms with Gasteiger partial charge in [0.15, 0.2) is 0 Å². The van der Waals surface area contributed by atoms with Crippen LogP contribution < -0.4 is 0 Å². The van der Waals surface area contributed by atoms with Gasteiger partial charge in [0.25, 0.3) is 0 Å². The summed E-state index contributed by atoms with van der Waals surface area (Å²) in [4.78, 5) is 0. The van der Waals surface area contributed by atoms with Crippen LogP contribution in [0.25, 0.3) is 0 Å². The molecule has 0 amide bonds. The highest BCUT2D eigenvalue weighted by Gasteiger charge is 2.34. The first-order valence-corrected chi connectivity index (χ1v) is 11.6. The molecule has 1 aliphatic rings. The van der Waals surface area contributed by atoms with Crippen LogP contribution in [0.15, 0.2) is 48.5 Å². The van der Waals surface area contributed by atoms with Gasteiger partial charge in [0.05, 0.1) is 0 Å². The SMILES string of the molecule is CC(Cc1ccc(CC(C)(C)C2CCC(C(C)C)CC2)c(F)c1)c1ccccc1. The molecule has 0 aromatic heterocycles. The predicted octanol–water partition coefficient (Wildman–Crippen LogP) is 8.20. The Morgan fingerprint density at radius 1 is 0.931 bits per heavy atom. The van der Waals surface area contributed by atoms with E-state index in [9.17, 15) is 4.39 Å². The van der Waals surface area contributed by atoms with E-state index in [2.05, 4.69) is 65.0 Å². The fraction of sp³-hybridized carbons (Fsp3) is 0.571. The van der Waals surface area contributed by atoms with Crippen molar-refractivity contribution in [2.24, 2.45) is 23.2 Å². The molecule has 1 saturated carbocycles. The van der Waals surface area contributed by atoms with Gasteiger partial charge in [-0.1, -0.05) is 77.1 Å². The third-order valence-electron chi connectivity index (χ3n) is 7.49. The minimum atomic E-state index is -0.0216. The molecule has 158 valence electrons. The molecular weight excluding hydrogens is 355 g/mol. The van der Waals surface area contributed by atoms with Crippen LogP contribution in [-0.2, 0) is 12.8 Å². The number of rotatable bonds is 7. The number of halogens is 1. The van der Waals surface area contributed by atoms with Crippen molar-refractivity contribution in [1.29, 1.82) is 0 Å². The largest absolute Gasteiger partial charge is 0.207 e. The maximum Gasteiger partial charge on any atom is 0.126 e. The first-order chi connectivity index (χ1) is 13.8. The highest BCUT2D eigenvalue weighted by atomic mass is 19.1. The van der Waals surface area contributed by atoms with E-state index in [1.807, 2.05) is 12.1 Å². The van der Waals surface area contributed by atoms with E-state index in [1.165, 1.54) is 31.2 Å². The lowest BCUT2D eigenvalue weighted by Gasteiger charge is -2.40. The molecule has 0 radical (unpaired) electrons. The van der Waals surface area contributed by atoms with Crippen LogP contribution in [-0.4, -0.2) is 0 Å². The second-order valence-electron chi connectivity index (χ2n) is 10.5. The maximum absolute atomic E-state index is 15.0. The predicted molar refractivity (Wildman–Crippen MR) is 123 cm³/mol. The molecular formula is C28H39F. The lowest BCUT2D eigenvalue weighted by Crippen LogP contribution is -2.31. The zero-order valence-corrected chi connectivity index (χ0v) is 19.0. The van der Waals surface area contributed by atoms with Crippen LogP contribution in [0.1, 0.15) is 82.9 Å². The second-order valence-corrected chi connectivity index (χ2v) is 10.5. The second kappa shape index (κ2) is 9.45. The van der Waals surface area contributed by atoms with Crippen molar-refractivity contribution in [3.63, 3.8) is 0 Å². The van der Waals surface area contributed by atoms with Gasteiger partial charge in [0.2, 0.25) is 0 Å². The Bertz CT molecular complexity index is 766. The van der Waals surface area contributed by atoms with E-state index in [4.69, 9.17) is 0 Å². The van der Waals surface area contributed by atoms with Crippen LogP contribution in [0.2, 0.25) is 0 Å². The van der Waals surface area contributed by atoms with Crippen LogP contribution >= 0.6 is 0 Å². The molecule has 0 N–H and O–H groups in total. The summed E-state index contributed by atoms with van der Waals surface area (Å²) in [5, 5.41) is 0. The Balaban J connectivity index is 1.62. The molecule has 0 spiro atoms. The molecule has 0 saturated heterocycles. The zero-order valence-electron chi connectivity index (χ0n) is 19.0. The first-order valence-electron chi connectivity index (χ1n) is 11.6. The summed E-state index contributed by atoms with van der Waals surface area (Å²) in [6.45, 7) is 11.6. The Morgan fingerprint density at radius 2 is 1.59 bits per heavy atom. The minimum absolute atomic E-state index is 0.0216. The smallest absolute Gasteiger partial charge is 0.126 e. The van der Waals surface area contributed by atoms with E-state index in [0.29, 0.717) is 11.8 Å². The van der Waals surface area contributed by atoms with Gasteiger partial charge in [-0.3, -0.25) is 0 Å². The number of hydrogen-bond donors (Lipinski definition) is 0. The van der Waals surface area contributed by atoms with Crippen LogP contribution in [0.5, 0.6) is 0 Å². The third-order valence-corrected chi connectivity index (χ3v) is 7.49. The lowest BCUT2D eigenvalue weighted by molar-refractivity contribution is 0.116. The van der Waals surface area contributed by atoms with Crippen molar-refractivity contribution >= 4 is 0 Å². The molecule has 2 aromatic rings. The maximum atomic E-state index is 15.0. The number of benzene rings is 2. The van der Waals surface area contributed by atoms with Crippen molar-refractivity contribution in [2.45, 2.75) is 79.1 Å². The van der Waals surface area contributed by atoms with Gasteiger partial charge in [0, 0.05) is 0 Å². The van der Waals surface area contributed by atoms with Gasteiger partial charge < -0.3 is 0 Å². The van der Waals surface area contributed by atoms with Crippen LogP contribution in [0, 0.1) is 29.0 Å². The summed E-state index contributed by atoms with van der Waals surface area (Å²) in [5.41, 5.74) is 3.45. The molecule has 0 nitrogen and oxygen atoms in total. The molecule has 1 aliphatic carbocycles. The molecule has 1 atom stereocenters. The standard InChI is InChI=1S/C28H39F/c1-20(2)23-13-15-26(16-14-23)28(4,5)19-25-12-11-22(18-27(25)29)17-21(3)24-9-7-6-8-10-24/h6-12,18,20-21,23,26H,13-17,19H2,1-5H3. The van der Waals surface area contributed by atoms with Crippen molar-refractivity contribution in [3.8, 4) is 0 Å². The fourth-order valence-corrected chi connectivity index (χ4v) is 5.32. The van der Waals surface area contributed by atoms with Gasteiger partial charge >= 0.3 is 0 Å². The number of hydrogen-bond acceptors (Lipinski definition) is 0. The van der Waals surface area contributed by atoms with Gasteiger partial charge in [-0.2, -0.15) is 0 Å². The van der Waals surface area contributed by atoms with E-state index >= 15 is 0 Å². The highest BCUT2D eigenvalue weighted by Crippen LogP contribution is 2.44. The Hall–Kier alpha value is -1.63. The normalized spacial score (nSPS) is 21.3. The van der Waals surface area contributed by atoms with E-state index in [0.717, 1.165) is 35.8 Å². The summed E-state index contributed by atoms with van der Waals surface area (Å²) in [7, 11) is 0. The topological polar surface area (TPSA) is 0 Å². The average molecular weight is 395 g/mol. The van der Waals surface area contributed by atoms with E-state index in [-0.39, 0.29) is 11.2 Å². The summed E-state index contributed by atoms with van der Waals surface area (Å²) < 4.78 is 15.0. The molecule has 29 heavy (non-hydrogen) atoms. The molecule has 1 heteroatoms. The van der Waals surface area contributed by atoms with Crippen LogP contribution in [0.3, 0.4) is 0 Å². The van der Waals surface area contributed by atoms with Crippen molar-refractivity contribution in [1.82, 2.24) is 0 Å². The highest BCUT2D eigenvalue weighted by molar-refractivity contribution is 5.28. The van der Waals surface area contributed by atoms with Crippen molar-refractivity contribution in [3.05, 3.63) is 71.0 Å². The lowest BCUT2D eigenvalue weighted by atomic mass is 9.65. The molecule has 2 aromatic carbocycles. The van der Waals surface area contributed by atoms with Crippen molar-refractivity contribution < 1.29 is 4.39 Å². The Kier molecular flexibility index (Phi) is 7.19. The molecule has 0 bridgehead atoms. The first kappa shape index (κ1) is 22.1. The minimum Gasteiger partial charge on any atom is -0.207 e. The summed E-state index contributed by atoms with van der Waals surface area (Å²) in [6.07, 6.45) is 6.98. The average Bonchev–Trinajstić information content (AvgIpc) is 2.70. The molecule has 0 aliphatic heterocycles. The van der Waals surface area contributed by atoms with Gasteiger partial charge in [-0.15, -0.1) is 0 Å². The van der Waals surface area contributed by atoms with Crippen LogP contribution in [0.4, 0.5) is 4.39 Å². The molecule has 3 rings (SSSR count). The fourth-order valence-electron chi connectivity index (χ4n) is 5.32. The van der Waals surface area contributed by atoms with Gasteiger partial charge in [0.1, 0.15) is 5.82 Å². The quantitative estimate of drug-likeness (QED) is 0.444.